The van der Waals surface area contributed by atoms with Gasteiger partial charge in [0.15, 0.2) is 6.29 Å². The van der Waals surface area contributed by atoms with Gasteiger partial charge >= 0.3 is 5.97 Å². The van der Waals surface area contributed by atoms with E-state index in [1.807, 2.05) is 0 Å². The first-order chi connectivity index (χ1) is 26.4. The number of carbonyl (C=O) groups excluding carboxylic acids is 1. The maximum atomic E-state index is 12.7. The Bertz CT molecular complexity index is 921. The van der Waals surface area contributed by atoms with E-state index >= 15 is 0 Å². The van der Waals surface area contributed by atoms with Crippen molar-refractivity contribution in [3.05, 3.63) is 36.5 Å². The van der Waals surface area contributed by atoms with Crippen LogP contribution >= 0.6 is 0 Å². The Labute approximate surface area is 330 Å². The number of hydrogen-bond donors (Lipinski definition) is 4. The molecular formula is C45H82O9. The summed E-state index contributed by atoms with van der Waals surface area (Å²) in [5.41, 5.74) is 0. The summed E-state index contributed by atoms with van der Waals surface area (Å²) >= 11 is 0. The number of unbranched alkanes of at least 4 members (excludes halogenated alkanes) is 20. The van der Waals surface area contributed by atoms with Crippen LogP contribution in [0.5, 0.6) is 0 Å². The molecule has 9 nitrogen and oxygen atoms in total. The summed E-state index contributed by atoms with van der Waals surface area (Å²) in [6.45, 7) is 4.47. The largest absolute Gasteiger partial charge is 0.457 e. The second-order valence-electron chi connectivity index (χ2n) is 15.1. The summed E-state index contributed by atoms with van der Waals surface area (Å²) in [6, 6.07) is 0. The van der Waals surface area contributed by atoms with E-state index in [1.54, 1.807) is 0 Å². The molecule has 1 fully saturated rings. The van der Waals surface area contributed by atoms with E-state index in [9.17, 15) is 25.2 Å². The zero-order chi connectivity index (χ0) is 39.3. The van der Waals surface area contributed by atoms with Crippen molar-refractivity contribution in [2.75, 3.05) is 26.4 Å². The molecule has 0 aromatic heterocycles. The van der Waals surface area contributed by atoms with Crippen molar-refractivity contribution in [2.45, 2.75) is 218 Å². The lowest BCUT2D eigenvalue weighted by atomic mass is 9.99. The normalized spacial score (nSPS) is 21.2. The smallest absolute Gasteiger partial charge is 0.306 e. The van der Waals surface area contributed by atoms with Gasteiger partial charge in [-0.05, 0) is 64.2 Å². The Morgan fingerprint density at radius 2 is 1.11 bits per heavy atom. The Morgan fingerprint density at radius 3 is 1.69 bits per heavy atom. The standard InChI is InChI=1S/C45H82O9/c1-3-5-7-9-11-13-15-17-18-19-20-21-23-25-27-29-31-33-35-51-37-39(38-52-45-44(50)43(49)42(48)40(36-46)54-45)53-41(47)34-32-30-28-26-24-22-16-14-12-10-8-6-4-2/h8,10,14,16-18,39-40,42-46,48-50H,3-7,9,11-13,15,19-38H2,1-2H3/b10-8-,16-14-,18-17-. The average molecular weight is 767 g/mol. The van der Waals surface area contributed by atoms with E-state index in [-0.39, 0.29) is 19.2 Å². The molecule has 0 spiro atoms. The molecule has 1 saturated heterocycles. The fourth-order valence-corrected chi connectivity index (χ4v) is 6.52. The highest BCUT2D eigenvalue weighted by Crippen LogP contribution is 2.22. The van der Waals surface area contributed by atoms with Crippen LogP contribution in [0.3, 0.4) is 0 Å². The number of esters is 1. The van der Waals surface area contributed by atoms with E-state index in [4.69, 9.17) is 18.9 Å². The molecule has 1 heterocycles. The number of allylic oxidation sites excluding steroid dienone is 6. The topological polar surface area (TPSA) is 135 Å². The van der Waals surface area contributed by atoms with E-state index in [1.165, 1.54) is 96.3 Å². The van der Waals surface area contributed by atoms with Gasteiger partial charge in [-0.2, -0.15) is 0 Å². The third kappa shape index (κ3) is 27.9. The third-order valence-corrected chi connectivity index (χ3v) is 10.0. The number of aliphatic hydroxyl groups excluding tert-OH is 4. The molecule has 1 rings (SSSR count). The van der Waals surface area contributed by atoms with Crippen LogP contribution in [0.25, 0.3) is 0 Å². The van der Waals surface area contributed by atoms with Crippen molar-refractivity contribution < 1.29 is 44.2 Å². The number of aliphatic hydroxyl groups is 4. The fraction of sp³-hybridized carbons (Fsp3) is 0.844. The van der Waals surface area contributed by atoms with Crippen molar-refractivity contribution in [2.24, 2.45) is 0 Å². The monoisotopic (exact) mass is 767 g/mol. The lowest BCUT2D eigenvalue weighted by molar-refractivity contribution is -0.305. The van der Waals surface area contributed by atoms with Gasteiger partial charge in [0.2, 0.25) is 0 Å². The van der Waals surface area contributed by atoms with Gasteiger partial charge in [-0.3, -0.25) is 4.79 Å². The molecule has 9 heteroatoms. The molecule has 6 atom stereocenters. The highest BCUT2D eigenvalue weighted by molar-refractivity contribution is 5.69. The highest BCUT2D eigenvalue weighted by Gasteiger charge is 2.44. The van der Waals surface area contributed by atoms with E-state index in [2.05, 4.69) is 50.3 Å². The molecule has 4 N–H and O–H groups in total. The molecule has 54 heavy (non-hydrogen) atoms. The van der Waals surface area contributed by atoms with Crippen molar-refractivity contribution in [1.82, 2.24) is 0 Å². The minimum Gasteiger partial charge on any atom is -0.457 e. The first-order valence-corrected chi connectivity index (χ1v) is 22.1. The first kappa shape index (κ1) is 50.4. The highest BCUT2D eigenvalue weighted by atomic mass is 16.7. The maximum Gasteiger partial charge on any atom is 0.306 e. The fourth-order valence-electron chi connectivity index (χ4n) is 6.52. The molecule has 0 bridgehead atoms. The quantitative estimate of drug-likeness (QED) is 0.0277. The summed E-state index contributed by atoms with van der Waals surface area (Å²) in [6.07, 6.45) is 36.0. The lowest BCUT2D eigenvalue weighted by Gasteiger charge is -2.39. The molecule has 1 aliphatic rings. The number of ether oxygens (including phenoxy) is 4. The molecule has 0 radical (unpaired) electrons. The SMILES string of the molecule is CCC/C=C\C/C=C\CCCCCCCC(=O)OC(COCCCCCCCCCC/C=C\CCCCCCCC)COC1OC(CO)C(O)C(O)C1O. The predicted octanol–water partition coefficient (Wildman–Crippen LogP) is 9.58. The summed E-state index contributed by atoms with van der Waals surface area (Å²) in [5.74, 6) is -0.329. The van der Waals surface area contributed by atoms with Crippen molar-refractivity contribution in [3.8, 4) is 0 Å². The second kappa shape index (κ2) is 37.0. The minimum absolute atomic E-state index is 0.120. The molecule has 0 aliphatic carbocycles. The van der Waals surface area contributed by atoms with Gasteiger partial charge in [0.05, 0.1) is 19.8 Å². The van der Waals surface area contributed by atoms with Crippen LogP contribution in [0.1, 0.15) is 181 Å². The molecule has 0 saturated carbocycles. The molecule has 0 aromatic carbocycles. The van der Waals surface area contributed by atoms with Crippen LogP contribution in [0.4, 0.5) is 0 Å². The zero-order valence-corrected chi connectivity index (χ0v) is 34.5. The van der Waals surface area contributed by atoms with Gasteiger partial charge in [0.1, 0.15) is 30.5 Å². The maximum absolute atomic E-state index is 12.7. The Balaban J connectivity index is 2.27. The summed E-state index contributed by atoms with van der Waals surface area (Å²) in [7, 11) is 0. The van der Waals surface area contributed by atoms with E-state index < -0.39 is 43.4 Å². The molecule has 6 unspecified atom stereocenters. The van der Waals surface area contributed by atoms with Crippen LogP contribution in [-0.4, -0.2) is 89.6 Å². The molecule has 0 aromatic rings. The number of carbonyl (C=O) groups is 1. The Kier molecular flexibility index (Phi) is 34.6. The van der Waals surface area contributed by atoms with Crippen molar-refractivity contribution in [3.63, 3.8) is 0 Å². The van der Waals surface area contributed by atoms with Gasteiger partial charge in [-0.15, -0.1) is 0 Å². The summed E-state index contributed by atoms with van der Waals surface area (Å²) in [5, 5.41) is 40.1. The van der Waals surface area contributed by atoms with Gasteiger partial charge in [-0.25, -0.2) is 0 Å². The summed E-state index contributed by atoms with van der Waals surface area (Å²) < 4.78 is 22.8. The molecule has 316 valence electrons. The predicted molar refractivity (Wildman–Crippen MR) is 219 cm³/mol. The zero-order valence-electron chi connectivity index (χ0n) is 34.5. The van der Waals surface area contributed by atoms with Crippen molar-refractivity contribution >= 4 is 5.97 Å². The number of rotatable bonds is 37. The van der Waals surface area contributed by atoms with Gasteiger partial charge in [0.25, 0.3) is 0 Å². The van der Waals surface area contributed by atoms with Gasteiger partial charge in [0, 0.05) is 13.0 Å². The third-order valence-electron chi connectivity index (χ3n) is 10.0. The molecular weight excluding hydrogens is 684 g/mol. The molecule has 1 aliphatic heterocycles. The minimum atomic E-state index is -1.54. The number of hydrogen-bond acceptors (Lipinski definition) is 9. The van der Waals surface area contributed by atoms with Crippen LogP contribution in [0, 0.1) is 0 Å². The summed E-state index contributed by atoms with van der Waals surface area (Å²) in [4.78, 5) is 12.7. The van der Waals surface area contributed by atoms with E-state index in [0.29, 0.717) is 13.0 Å². The van der Waals surface area contributed by atoms with Crippen molar-refractivity contribution in [1.29, 1.82) is 0 Å². The van der Waals surface area contributed by atoms with E-state index in [0.717, 1.165) is 64.2 Å². The van der Waals surface area contributed by atoms with Gasteiger partial charge in [-0.1, -0.05) is 147 Å². The average Bonchev–Trinajstić information content (AvgIpc) is 3.17. The Hall–Kier alpha value is -1.59. The molecule has 0 amide bonds. The van der Waals surface area contributed by atoms with Crippen LogP contribution in [0.15, 0.2) is 36.5 Å². The first-order valence-electron chi connectivity index (χ1n) is 22.1. The van der Waals surface area contributed by atoms with Crippen LogP contribution < -0.4 is 0 Å². The van der Waals surface area contributed by atoms with Gasteiger partial charge < -0.3 is 39.4 Å². The second-order valence-corrected chi connectivity index (χ2v) is 15.1. The van der Waals surface area contributed by atoms with Crippen LogP contribution in [0.2, 0.25) is 0 Å². The Morgan fingerprint density at radius 1 is 0.593 bits per heavy atom. The lowest BCUT2D eigenvalue weighted by Crippen LogP contribution is -2.59. The van der Waals surface area contributed by atoms with Crippen LogP contribution in [-0.2, 0) is 23.7 Å².